The number of terminal acetylenes is 1. The summed E-state index contributed by atoms with van der Waals surface area (Å²) in [4.78, 5) is 11.8. The Hall–Kier alpha value is -3.64. The van der Waals surface area contributed by atoms with Crippen molar-refractivity contribution in [1.29, 1.82) is 5.26 Å². The minimum absolute atomic E-state index is 0.196. The van der Waals surface area contributed by atoms with E-state index in [1.165, 1.54) is 48.5 Å². The Morgan fingerprint density at radius 1 is 1.02 bits per heavy atom. The van der Waals surface area contributed by atoms with Gasteiger partial charge in [0.25, 0.3) is 0 Å². The van der Waals surface area contributed by atoms with Crippen molar-refractivity contribution in [1.82, 2.24) is 24.8 Å². The number of anilines is 1. The standard InChI is InChI=1S/C32H36F3N7S.C2H2/c1-19-21(2-5-29-27(19)12-25(15-36)42(29)16-20-10-24(11-20)39-22-3-4-22)17-41-8-6-23(7-9-41)40-30-28-13-26(14-32(33,34)35)43-31(28)38-18-37-30;1-2/h2,5,12-13,18,20,22-24,39H,3-4,6-11,14,16-17H2,1H3,(H,37,38,40);1-2H. The van der Waals surface area contributed by atoms with E-state index in [-0.39, 0.29) is 10.9 Å². The highest BCUT2D eigenvalue weighted by molar-refractivity contribution is 7.18. The minimum atomic E-state index is -4.24. The Balaban J connectivity index is 0.00000175. The third-order valence-corrected chi connectivity index (χ3v) is 10.4. The summed E-state index contributed by atoms with van der Waals surface area (Å²) in [6, 6.07) is 12.1. The predicted octanol–water partition coefficient (Wildman–Crippen LogP) is 6.79. The van der Waals surface area contributed by atoms with Crippen LogP contribution >= 0.6 is 11.3 Å². The van der Waals surface area contributed by atoms with E-state index >= 15 is 0 Å². The summed E-state index contributed by atoms with van der Waals surface area (Å²) >= 11 is 1.08. The van der Waals surface area contributed by atoms with Gasteiger partial charge in [-0.2, -0.15) is 18.4 Å². The molecule has 45 heavy (non-hydrogen) atoms. The van der Waals surface area contributed by atoms with E-state index in [1.54, 1.807) is 6.07 Å². The lowest BCUT2D eigenvalue weighted by Gasteiger charge is -2.36. The summed E-state index contributed by atoms with van der Waals surface area (Å²) in [5.74, 6) is 1.23. The topological polar surface area (TPSA) is 81.8 Å². The summed E-state index contributed by atoms with van der Waals surface area (Å²) in [6.45, 7) is 5.75. The van der Waals surface area contributed by atoms with Gasteiger partial charge in [-0.3, -0.25) is 4.90 Å². The zero-order chi connectivity index (χ0) is 31.7. The van der Waals surface area contributed by atoms with Crippen molar-refractivity contribution in [3.8, 4) is 18.9 Å². The molecule has 0 radical (unpaired) electrons. The molecule has 4 heterocycles. The van der Waals surface area contributed by atoms with Crippen molar-refractivity contribution in [2.24, 2.45) is 5.92 Å². The summed E-state index contributed by atoms with van der Waals surface area (Å²) in [5.41, 5.74) is 4.43. The minimum Gasteiger partial charge on any atom is -0.367 e. The zero-order valence-electron chi connectivity index (χ0n) is 25.4. The molecule has 0 spiro atoms. The van der Waals surface area contributed by atoms with Crippen LogP contribution in [0.3, 0.4) is 0 Å². The lowest BCUT2D eigenvalue weighted by molar-refractivity contribution is -0.126. The lowest BCUT2D eigenvalue weighted by Crippen LogP contribution is -2.43. The van der Waals surface area contributed by atoms with Crippen molar-refractivity contribution in [3.63, 3.8) is 0 Å². The number of nitrogens with one attached hydrogen (secondary N) is 2. The van der Waals surface area contributed by atoms with Crippen molar-refractivity contribution < 1.29 is 13.2 Å². The maximum absolute atomic E-state index is 12.9. The lowest BCUT2D eigenvalue weighted by atomic mass is 9.80. The number of aryl methyl sites for hydroxylation is 1. The first-order chi connectivity index (χ1) is 21.7. The van der Waals surface area contributed by atoms with E-state index in [1.807, 2.05) is 0 Å². The number of alkyl halides is 3. The van der Waals surface area contributed by atoms with Crippen LogP contribution in [0.1, 0.15) is 60.2 Å². The summed E-state index contributed by atoms with van der Waals surface area (Å²) in [5, 5.41) is 19.0. The molecule has 7 rings (SSSR count). The van der Waals surface area contributed by atoms with Gasteiger partial charge in [-0.1, -0.05) is 6.07 Å². The Morgan fingerprint density at radius 2 is 1.78 bits per heavy atom. The van der Waals surface area contributed by atoms with Crippen LogP contribution in [-0.4, -0.2) is 56.8 Å². The Morgan fingerprint density at radius 3 is 2.47 bits per heavy atom. The number of halogens is 3. The molecule has 3 aliphatic rings. The van der Waals surface area contributed by atoms with E-state index < -0.39 is 12.6 Å². The first kappa shape index (κ1) is 31.3. The number of hydrogen-bond acceptors (Lipinski definition) is 7. The Kier molecular flexibility index (Phi) is 9.05. The molecule has 4 aromatic rings. The molecule has 1 saturated heterocycles. The van der Waals surface area contributed by atoms with Crippen LogP contribution in [-0.2, 0) is 19.5 Å². The third kappa shape index (κ3) is 7.12. The molecule has 3 fully saturated rings. The molecule has 0 atom stereocenters. The van der Waals surface area contributed by atoms with E-state index in [9.17, 15) is 18.4 Å². The van der Waals surface area contributed by atoms with Crippen LogP contribution in [0.2, 0.25) is 0 Å². The Labute approximate surface area is 265 Å². The number of hydrogen-bond donors (Lipinski definition) is 2. The van der Waals surface area contributed by atoms with Crippen LogP contribution in [0.25, 0.3) is 21.1 Å². The second kappa shape index (κ2) is 13.0. The highest BCUT2D eigenvalue weighted by Gasteiger charge is 2.34. The first-order valence-electron chi connectivity index (χ1n) is 15.6. The van der Waals surface area contributed by atoms with Crippen LogP contribution < -0.4 is 10.6 Å². The first-order valence-corrected chi connectivity index (χ1v) is 16.4. The molecule has 1 aliphatic heterocycles. The number of benzene rings is 1. The van der Waals surface area contributed by atoms with Gasteiger partial charge in [0.05, 0.1) is 11.8 Å². The van der Waals surface area contributed by atoms with Gasteiger partial charge in [0.15, 0.2) is 0 Å². The Bertz CT molecular complexity index is 1710. The molecule has 0 amide bonds. The van der Waals surface area contributed by atoms with Crippen LogP contribution in [0, 0.1) is 37.0 Å². The number of fused-ring (bicyclic) bond motifs is 2. The molecule has 236 valence electrons. The normalized spacial score (nSPS) is 20.8. The van der Waals surface area contributed by atoms with Gasteiger partial charge in [-0.25, -0.2) is 9.97 Å². The maximum atomic E-state index is 12.9. The molecule has 2 N–H and O–H groups in total. The molecule has 7 nitrogen and oxygen atoms in total. The fraction of sp³-hybridized carbons (Fsp3) is 0.500. The van der Waals surface area contributed by atoms with E-state index in [0.29, 0.717) is 28.0 Å². The number of rotatable bonds is 9. The second-order valence-corrected chi connectivity index (χ2v) is 13.8. The van der Waals surface area contributed by atoms with Gasteiger partial charge in [-0.15, -0.1) is 24.2 Å². The van der Waals surface area contributed by atoms with Gasteiger partial charge in [0.1, 0.15) is 28.7 Å². The van der Waals surface area contributed by atoms with Crippen molar-refractivity contribution in [2.75, 3.05) is 18.4 Å². The number of likely N-dealkylation sites (tertiary alicyclic amines) is 1. The average Bonchev–Trinajstić information content (AvgIpc) is 3.61. The zero-order valence-corrected chi connectivity index (χ0v) is 26.2. The molecule has 3 aromatic heterocycles. The van der Waals surface area contributed by atoms with Crippen LogP contribution in [0.5, 0.6) is 0 Å². The van der Waals surface area contributed by atoms with Gasteiger partial charge >= 0.3 is 6.18 Å². The average molecular weight is 634 g/mol. The number of aromatic nitrogens is 3. The number of thiophene rings is 1. The highest BCUT2D eigenvalue weighted by atomic mass is 32.1. The molecular formula is C34H38F3N7S. The largest absolute Gasteiger partial charge is 0.393 e. The monoisotopic (exact) mass is 633 g/mol. The van der Waals surface area contributed by atoms with E-state index in [0.717, 1.165) is 67.6 Å². The highest BCUT2D eigenvalue weighted by Crippen LogP contribution is 2.36. The molecule has 0 unspecified atom stereocenters. The predicted molar refractivity (Wildman–Crippen MR) is 173 cm³/mol. The second-order valence-electron chi connectivity index (χ2n) is 12.7. The van der Waals surface area contributed by atoms with Crippen molar-refractivity contribution in [3.05, 3.63) is 52.3 Å². The van der Waals surface area contributed by atoms with E-state index in [4.69, 9.17) is 0 Å². The molecule has 2 saturated carbocycles. The molecule has 11 heteroatoms. The van der Waals surface area contributed by atoms with Crippen LogP contribution in [0.4, 0.5) is 19.0 Å². The van der Waals surface area contributed by atoms with Crippen molar-refractivity contribution in [2.45, 2.75) is 89.3 Å². The fourth-order valence-electron chi connectivity index (χ4n) is 6.82. The number of nitrogens with zero attached hydrogens (tertiary/aromatic N) is 5. The molecule has 0 bridgehead atoms. The fourth-order valence-corrected chi connectivity index (χ4v) is 7.85. The third-order valence-electron chi connectivity index (χ3n) is 9.38. The smallest absolute Gasteiger partial charge is 0.367 e. The van der Waals surface area contributed by atoms with Gasteiger partial charge in [0, 0.05) is 60.1 Å². The van der Waals surface area contributed by atoms with Crippen molar-refractivity contribution >= 4 is 38.3 Å². The quantitative estimate of drug-likeness (QED) is 0.198. The molecular weight excluding hydrogens is 595 g/mol. The number of nitriles is 1. The van der Waals surface area contributed by atoms with Gasteiger partial charge in [0.2, 0.25) is 0 Å². The maximum Gasteiger partial charge on any atom is 0.393 e. The number of piperidine rings is 1. The molecule has 2 aliphatic carbocycles. The van der Waals surface area contributed by atoms with E-state index in [2.05, 4.69) is 74.1 Å². The SMILES string of the molecule is C#C.Cc1c(CN2CCC(Nc3ncnc4sc(CC(F)(F)F)cc34)CC2)ccc2c1cc(C#N)n2CC1CC(NC2CC2)C1. The van der Waals surface area contributed by atoms with Gasteiger partial charge < -0.3 is 15.2 Å². The van der Waals surface area contributed by atoms with Gasteiger partial charge in [-0.05, 0) is 80.7 Å². The molecule has 1 aromatic carbocycles. The summed E-state index contributed by atoms with van der Waals surface area (Å²) < 4.78 is 41.0. The summed E-state index contributed by atoms with van der Waals surface area (Å²) in [7, 11) is 0. The van der Waals surface area contributed by atoms with Crippen LogP contribution in [0.15, 0.2) is 30.6 Å². The summed E-state index contributed by atoms with van der Waals surface area (Å²) in [6.07, 6.45) is 11.1.